The molecule has 2 amide bonds. The lowest BCUT2D eigenvalue weighted by atomic mass is 9.59. The molecule has 146 valence electrons. The number of rotatable bonds is 1. The monoisotopic (exact) mass is 389 g/mol. The van der Waals surface area contributed by atoms with Gasteiger partial charge in [-0.05, 0) is 37.8 Å². The highest BCUT2D eigenvalue weighted by atomic mass is 16.3. The molecule has 4 atom stereocenters. The standard InChI is InChI=1S/C23H19NO5/c1-10-8-17(26)15-9-14-11(6-7-13-19(14)23(29)24-22(13)28)18(20(15)21(10)27)12-4-2-3-5-16(12)25/h2-6,8,13-14,18-19,25H,7,9H2,1H3,(H,24,28,29)/t13-,14+,18+,19-/m0/s1. The van der Waals surface area contributed by atoms with Crippen molar-refractivity contribution < 1.29 is 24.3 Å². The first-order valence-corrected chi connectivity index (χ1v) is 9.71. The summed E-state index contributed by atoms with van der Waals surface area (Å²) in [5.41, 5.74) is 2.53. The highest BCUT2D eigenvalue weighted by molar-refractivity contribution is 6.23. The molecule has 1 heterocycles. The third-order valence-corrected chi connectivity index (χ3v) is 6.66. The third kappa shape index (κ3) is 2.41. The zero-order valence-electron chi connectivity index (χ0n) is 15.8. The van der Waals surface area contributed by atoms with Crippen LogP contribution in [0, 0.1) is 17.8 Å². The fourth-order valence-electron chi connectivity index (χ4n) is 5.36. The van der Waals surface area contributed by atoms with E-state index in [0.29, 0.717) is 28.7 Å². The van der Waals surface area contributed by atoms with Crippen molar-refractivity contribution in [3.8, 4) is 5.75 Å². The highest BCUT2D eigenvalue weighted by Crippen LogP contribution is 2.55. The Bertz CT molecular complexity index is 1110. The van der Waals surface area contributed by atoms with Gasteiger partial charge >= 0.3 is 0 Å². The van der Waals surface area contributed by atoms with Crippen LogP contribution in [0.25, 0.3) is 0 Å². The predicted molar refractivity (Wildman–Crippen MR) is 103 cm³/mol. The molecule has 6 heteroatoms. The maximum atomic E-state index is 13.1. The molecular formula is C23H19NO5. The Labute approximate surface area is 167 Å². The quantitative estimate of drug-likeness (QED) is 0.435. The van der Waals surface area contributed by atoms with E-state index in [0.717, 1.165) is 5.57 Å². The smallest absolute Gasteiger partial charge is 0.231 e. The van der Waals surface area contributed by atoms with Crippen molar-refractivity contribution in [3.63, 3.8) is 0 Å². The number of hydrogen-bond acceptors (Lipinski definition) is 5. The van der Waals surface area contributed by atoms with Gasteiger partial charge in [-0.3, -0.25) is 24.5 Å². The number of Topliss-reactive ketones (excluding diaryl/α,β-unsaturated/α-hetero) is 1. The molecule has 0 saturated carbocycles. The largest absolute Gasteiger partial charge is 0.508 e. The fourth-order valence-corrected chi connectivity index (χ4v) is 5.36. The number of fused-ring (bicyclic) bond motifs is 3. The van der Waals surface area contributed by atoms with Crippen LogP contribution in [0.2, 0.25) is 0 Å². The second-order valence-electron chi connectivity index (χ2n) is 8.14. The van der Waals surface area contributed by atoms with E-state index in [1.165, 1.54) is 6.08 Å². The molecule has 6 nitrogen and oxygen atoms in total. The molecule has 1 aromatic rings. The first kappa shape index (κ1) is 17.8. The summed E-state index contributed by atoms with van der Waals surface area (Å²) in [5.74, 6) is -2.97. The minimum absolute atomic E-state index is 0.0347. The number of carbonyl (C=O) groups excluding carboxylic acids is 4. The maximum Gasteiger partial charge on any atom is 0.231 e. The lowest BCUT2D eigenvalue weighted by Crippen LogP contribution is -2.39. The number of aromatic hydroxyl groups is 1. The van der Waals surface area contributed by atoms with Crippen molar-refractivity contribution in [3.05, 3.63) is 64.3 Å². The number of hydrogen-bond donors (Lipinski definition) is 2. The molecule has 0 aromatic heterocycles. The molecule has 1 saturated heterocycles. The van der Waals surface area contributed by atoms with E-state index in [1.54, 1.807) is 31.2 Å². The van der Waals surface area contributed by atoms with Crippen molar-refractivity contribution in [2.75, 3.05) is 0 Å². The van der Waals surface area contributed by atoms with Crippen LogP contribution >= 0.6 is 0 Å². The van der Waals surface area contributed by atoms with Gasteiger partial charge in [0.25, 0.3) is 0 Å². The van der Waals surface area contributed by atoms with Crippen LogP contribution < -0.4 is 5.32 Å². The van der Waals surface area contributed by atoms with Crippen molar-refractivity contribution in [1.29, 1.82) is 0 Å². The molecule has 29 heavy (non-hydrogen) atoms. The molecule has 1 aromatic carbocycles. The third-order valence-electron chi connectivity index (χ3n) is 6.66. The van der Waals surface area contributed by atoms with Crippen LogP contribution in [0.15, 0.2) is 58.7 Å². The number of imide groups is 1. The van der Waals surface area contributed by atoms with Gasteiger partial charge in [-0.25, -0.2) is 0 Å². The fraction of sp³-hybridized carbons (Fsp3) is 0.304. The minimum Gasteiger partial charge on any atom is -0.508 e. The SMILES string of the molecule is CC1=CC(=O)C2=C(C1=O)[C@@H](c1ccccc1O)C1=CC[C@@H]3C(=O)NC(=O)[C@@H]3[C@@H]1C2. The topological polar surface area (TPSA) is 101 Å². The number of phenols is 1. The summed E-state index contributed by atoms with van der Waals surface area (Å²) >= 11 is 0. The van der Waals surface area contributed by atoms with E-state index in [2.05, 4.69) is 5.32 Å². The lowest BCUT2D eigenvalue weighted by molar-refractivity contribution is -0.126. The lowest BCUT2D eigenvalue weighted by Gasteiger charge is -2.42. The number of carbonyl (C=O) groups is 4. The Morgan fingerprint density at radius 3 is 2.55 bits per heavy atom. The summed E-state index contributed by atoms with van der Waals surface area (Å²) in [6, 6.07) is 6.76. The summed E-state index contributed by atoms with van der Waals surface area (Å²) in [6.07, 6.45) is 3.92. The predicted octanol–water partition coefficient (Wildman–Crippen LogP) is 2.11. The zero-order valence-corrected chi connectivity index (χ0v) is 15.8. The summed E-state index contributed by atoms with van der Waals surface area (Å²) < 4.78 is 0. The van der Waals surface area contributed by atoms with E-state index in [-0.39, 0.29) is 41.5 Å². The van der Waals surface area contributed by atoms with Crippen LogP contribution in [0.5, 0.6) is 5.75 Å². The van der Waals surface area contributed by atoms with Gasteiger partial charge < -0.3 is 5.11 Å². The van der Waals surface area contributed by atoms with E-state index >= 15 is 0 Å². The molecular weight excluding hydrogens is 370 g/mol. The number of phenolic OH excluding ortho intramolecular Hbond substituents is 1. The number of amides is 2. The number of allylic oxidation sites excluding steroid dienone is 6. The summed E-state index contributed by atoms with van der Waals surface area (Å²) in [4.78, 5) is 50.7. The molecule has 5 rings (SSSR count). The van der Waals surface area contributed by atoms with Crippen LogP contribution in [0.3, 0.4) is 0 Å². The molecule has 3 aliphatic carbocycles. The van der Waals surface area contributed by atoms with Crippen molar-refractivity contribution in [1.82, 2.24) is 5.32 Å². The normalized spacial score (nSPS) is 30.9. The summed E-state index contributed by atoms with van der Waals surface area (Å²) in [6.45, 7) is 1.62. The summed E-state index contributed by atoms with van der Waals surface area (Å²) in [7, 11) is 0. The van der Waals surface area contributed by atoms with Gasteiger partial charge in [-0.2, -0.15) is 0 Å². The van der Waals surface area contributed by atoms with Gasteiger partial charge in [-0.1, -0.05) is 29.8 Å². The molecule has 1 fully saturated rings. The van der Waals surface area contributed by atoms with Crippen LogP contribution in [-0.4, -0.2) is 28.5 Å². The first-order valence-electron chi connectivity index (χ1n) is 9.71. The van der Waals surface area contributed by atoms with Crippen LogP contribution in [0.1, 0.15) is 31.2 Å². The second-order valence-corrected chi connectivity index (χ2v) is 8.14. The van der Waals surface area contributed by atoms with Gasteiger partial charge in [0.15, 0.2) is 11.6 Å². The Hall–Kier alpha value is -3.28. The number of para-hydroxylation sites is 1. The molecule has 4 aliphatic rings. The number of benzene rings is 1. The Kier molecular flexibility index (Phi) is 3.75. The minimum atomic E-state index is -0.602. The van der Waals surface area contributed by atoms with Gasteiger partial charge in [0, 0.05) is 28.2 Å². The van der Waals surface area contributed by atoms with E-state index in [9.17, 15) is 24.3 Å². The average Bonchev–Trinajstić information content (AvgIpc) is 2.99. The molecule has 0 bridgehead atoms. The Balaban J connectivity index is 1.74. The van der Waals surface area contributed by atoms with E-state index < -0.39 is 17.8 Å². The highest BCUT2D eigenvalue weighted by Gasteiger charge is 2.53. The van der Waals surface area contributed by atoms with E-state index in [1.807, 2.05) is 6.08 Å². The number of nitrogens with one attached hydrogen (secondary N) is 1. The van der Waals surface area contributed by atoms with E-state index in [4.69, 9.17) is 0 Å². The van der Waals surface area contributed by atoms with Gasteiger partial charge in [0.1, 0.15) is 5.75 Å². The number of ketones is 2. The average molecular weight is 389 g/mol. The molecule has 0 unspecified atom stereocenters. The van der Waals surface area contributed by atoms with Crippen molar-refractivity contribution in [2.24, 2.45) is 17.8 Å². The first-order chi connectivity index (χ1) is 13.9. The molecule has 0 radical (unpaired) electrons. The van der Waals surface area contributed by atoms with Crippen LogP contribution in [0.4, 0.5) is 0 Å². The molecule has 1 aliphatic heterocycles. The Morgan fingerprint density at radius 1 is 1.03 bits per heavy atom. The van der Waals surface area contributed by atoms with Gasteiger partial charge in [0.05, 0.1) is 11.8 Å². The molecule has 0 spiro atoms. The maximum absolute atomic E-state index is 13.1. The summed E-state index contributed by atoms with van der Waals surface area (Å²) in [5, 5.41) is 13.0. The Morgan fingerprint density at radius 2 is 1.79 bits per heavy atom. The van der Waals surface area contributed by atoms with Crippen LogP contribution in [-0.2, 0) is 19.2 Å². The van der Waals surface area contributed by atoms with Gasteiger partial charge in [0.2, 0.25) is 11.8 Å². The molecule has 2 N–H and O–H groups in total. The second kappa shape index (κ2) is 6.11. The van der Waals surface area contributed by atoms with Crippen molar-refractivity contribution in [2.45, 2.75) is 25.7 Å². The van der Waals surface area contributed by atoms with Gasteiger partial charge in [-0.15, -0.1) is 0 Å². The van der Waals surface area contributed by atoms with Crippen molar-refractivity contribution >= 4 is 23.4 Å². The zero-order chi connectivity index (χ0) is 20.4.